The first-order chi connectivity index (χ1) is 15.1. The molecular weight excluding hydrogens is 408 g/mol. The molecule has 2 N–H and O–H groups in total. The fraction of sp³-hybridized carbons (Fsp3) is 0.458. The third-order valence-electron chi connectivity index (χ3n) is 5.47. The zero-order valence-corrected chi connectivity index (χ0v) is 19.2. The molecule has 0 amide bonds. The van der Waals surface area contributed by atoms with Gasteiger partial charge < -0.3 is 10.6 Å². The molecule has 1 heterocycles. The van der Waals surface area contributed by atoms with Gasteiger partial charge in [0.05, 0.1) is 10.6 Å². The normalized spacial score (nSPS) is 16.2. The molecule has 7 heteroatoms. The highest BCUT2D eigenvalue weighted by Gasteiger charge is 2.20. The first-order valence-electron chi connectivity index (χ1n) is 11.2. The highest BCUT2D eigenvalue weighted by Crippen LogP contribution is 2.14. The van der Waals surface area contributed by atoms with E-state index in [1.54, 1.807) is 24.3 Å². The molecule has 2 aromatic carbocycles. The number of aliphatic imine (C=N–C) groups is 1. The van der Waals surface area contributed by atoms with Gasteiger partial charge in [-0.1, -0.05) is 48.5 Å². The van der Waals surface area contributed by atoms with Gasteiger partial charge >= 0.3 is 0 Å². The van der Waals surface area contributed by atoms with Crippen molar-refractivity contribution >= 4 is 15.8 Å². The lowest BCUT2D eigenvalue weighted by atomic mass is 10.0. The van der Waals surface area contributed by atoms with E-state index in [1.807, 2.05) is 13.0 Å². The Morgan fingerprint density at radius 3 is 2.32 bits per heavy atom. The van der Waals surface area contributed by atoms with E-state index in [2.05, 4.69) is 50.9 Å². The van der Waals surface area contributed by atoms with Crippen LogP contribution in [0, 0.1) is 0 Å². The van der Waals surface area contributed by atoms with Crippen molar-refractivity contribution in [3.8, 4) is 0 Å². The molecule has 1 aliphatic heterocycles. The van der Waals surface area contributed by atoms with Crippen molar-refractivity contribution < 1.29 is 8.42 Å². The minimum Gasteiger partial charge on any atom is -0.357 e. The number of hydrogen-bond donors (Lipinski definition) is 2. The molecule has 3 rings (SSSR count). The average molecular weight is 443 g/mol. The summed E-state index contributed by atoms with van der Waals surface area (Å²) >= 11 is 0. The number of nitrogens with one attached hydrogen (secondary N) is 2. The first-order valence-corrected chi connectivity index (χ1v) is 12.8. The lowest BCUT2D eigenvalue weighted by molar-refractivity contribution is 0.198. The van der Waals surface area contributed by atoms with Crippen LogP contribution >= 0.6 is 0 Å². The zero-order chi connectivity index (χ0) is 21.9. The van der Waals surface area contributed by atoms with Crippen molar-refractivity contribution in [2.24, 2.45) is 4.99 Å². The summed E-state index contributed by atoms with van der Waals surface area (Å²) in [4.78, 5) is 7.48. The molecular formula is C24H34N4O2S. The lowest BCUT2D eigenvalue weighted by Crippen LogP contribution is -2.48. The Bertz CT molecular complexity index is 909. The number of rotatable bonds is 9. The highest BCUT2D eigenvalue weighted by atomic mass is 32.2. The van der Waals surface area contributed by atoms with E-state index in [0.717, 1.165) is 45.0 Å². The largest absolute Gasteiger partial charge is 0.357 e. The van der Waals surface area contributed by atoms with Gasteiger partial charge in [0.1, 0.15) is 0 Å². The predicted octanol–water partition coefficient (Wildman–Crippen LogP) is 3.07. The molecule has 0 saturated carbocycles. The van der Waals surface area contributed by atoms with Gasteiger partial charge in [0.2, 0.25) is 0 Å². The van der Waals surface area contributed by atoms with Crippen LogP contribution in [0.5, 0.6) is 0 Å². The van der Waals surface area contributed by atoms with Crippen LogP contribution in [0.2, 0.25) is 0 Å². The van der Waals surface area contributed by atoms with Crippen LogP contribution in [0.4, 0.5) is 0 Å². The summed E-state index contributed by atoms with van der Waals surface area (Å²) < 4.78 is 24.8. The second-order valence-electron chi connectivity index (χ2n) is 7.93. The SMILES string of the molecule is CCNC(=NCCCS(=O)(=O)c1ccccc1)NC1CCN(Cc2ccccc2)CC1. The Balaban J connectivity index is 1.43. The van der Waals surface area contributed by atoms with Gasteiger partial charge in [0, 0.05) is 38.8 Å². The number of piperidine rings is 1. The molecule has 1 saturated heterocycles. The van der Waals surface area contributed by atoms with Crippen molar-refractivity contribution in [1.29, 1.82) is 0 Å². The number of guanidine groups is 1. The van der Waals surface area contributed by atoms with Gasteiger partial charge in [-0.05, 0) is 43.9 Å². The minimum absolute atomic E-state index is 0.109. The number of benzene rings is 2. The number of nitrogens with zero attached hydrogens (tertiary/aromatic N) is 2. The number of hydrogen-bond acceptors (Lipinski definition) is 4. The summed E-state index contributed by atoms with van der Waals surface area (Å²) in [5.74, 6) is 0.888. The summed E-state index contributed by atoms with van der Waals surface area (Å²) in [5.41, 5.74) is 1.36. The Morgan fingerprint density at radius 2 is 1.68 bits per heavy atom. The van der Waals surface area contributed by atoms with Crippen LogP contribution in [0.3, 0.4) is 0 Å². The monoisotopic (exact) mass is 442 g/mol. The maximum absolute atomic E-state index is 12.4. The van der Waals surface area contributed by atoms with Crippen LogP contribution < -0.4 is 10.6 Å². The molecule has 1 aliphatic rings. The average Bonchev–Trinajstić information content (AvgIpc) is 2.79. The van der Waals surface area contributed by atoms with Gasteiger partial charge in [-0.3, -0.25) is 9.89 Å². The van der Waals surface area contributed by atoms with Gasteiger partial charge in [-0.2, -0.15) is 0 Å². The Kier molecular flexibility index (Phi) is 8.91. The molecule has 0 unspecified atom stereocenters. The van der Waals surface area contributed by atoms with E-state index in [0.29, 0.717) is 23.9 Å². The molecule has 0 bridgehead atoms. The third-order valence-corrected chi connectivity index (χ3v) is 7.28. The van der Waals surface area contributed by atoms with Crippen molar-refractivity contribution in [3.63, 3.8) is 0 Å². The van der Waals surface area contributed by atoms with Crippen LogP contribution in [-0.2, 0) is 16.4 Å². The maximum atomic E-state index is 12.4. The van der Waals surface area contributed by atoms with Crippen LogP contribution in [0.1, 0.15) is 31.7 Å². The van der Waals surface area contributed by atoms with E-state index in [1.165, 1.54) is 5.56 Å². The van der Waals surface area contributed by atoms with Crippen LogP contribution in [0.15, 0.2) is 70.6 Å². The molecule has 2 aromatic rings. The number of likely N-dealkylation sites (tertiary alicyclic amines) is 1. The molecule has 0 aromatic heterocycles. The van der Waals surface area contributed by atoms with E-state index < -0.39 is 9.84 Å². The van der Waals surface area contributed by atoms with Crippen LogP contribution in [0.25, 0.3) is 0 Å². The highest BCUT2D eigenvalue weighted by molar-refractivity contribution is 7.91. The topological polar surface area (TPSA) is 73.8 Å². The Labute approximate surface area is 186 Å². The fourth-order valence-electron chi connectivity index (χ4n) is 3.78. The quantitative estimate of drug-likeness (QED) is 0.355. The van der Waals surface area contributed by atoms with Gasteiger partial charge in [0.25, 0.3) is 0 Å². The third kappa shape index (κ3) is 7.67. The predicted molar refractivity (Wildman–Crippen MR) is 127 cm³/mol. The van der Waals surface area contributed by atoms with Gasteiger partial charge in [-0.25, -0.2) is 8.42 Å². The second kappa shape index (κ2) is 11.9. The van der Waals surface area contributed by atoms with E-state index in [4.69, 9.17) is 0 Å². The van der Waals surface area contributed by atoms with E-state index >= 15 is 0 Å². The van der Waals surface area contributed by atoms with Crippen molar-refractivity contribution in [3.05, 3.63) is 66.2 Å². The molecule has 0 radical (unpaired) electrons. The summed E-state index contributed by atoms with van der Waals surface area (Å²) in [6, 6.07) is 19.6. The second-order valence-corrected chi connectivity index (χ2v) is 10.0. The van der Waals surface area contributed by atoms with Crippen molar-refractivity contribution in [1.82, 2.24) is 15.5 Å². The Hall–Kier alpha value is -2.38. The lowest BCUT2D eigenvalue weighted by Gasteiger charge is -2.33. The maximum Gasteiger partial charge on any atom is 0.191 e. The Morgan fingerprint density at radius 1 is 1.03 bits per heavy atom. The molecule has 6 nitrogen and oxygen atoms in total. The first kappa shape index (κ1) is 23.3. The van der Waals surface area contributed by atoms with Crippen LogP contribution in [-0.4, -0.2) is 57.3 Å². The van der Waals surface area contributed by atoms with E-state index in [-0.39, 0.29) is 5.75 Å². The molecule has 31 heavy (non-hydrogen) atoms. The molecule has 0 aliphatic carbocycles. The smallest absolute Gasteiger partial charge is 0.191 e. The standard InChI is InChI=1S/C24H34N4O2S/c1-2-25-24(26-16-9-19-31(29,30)23-12-7-4-8-13-23)27-22-14-17-28(18-15-22)20-21-10-5-3-6-11-21/h3-8,10-13,22H,2,9,14-20H2,1H3,(H2,25,26,27). The fourth-order valence-corrected chi connectivity index (χ4v) is 5.10. The van der Waals surface area contributed by atoms with Gasteiger partial charge in [-0.15, -0.1) is 0 Å². The molecule has 0 spiro atoms. The zero-order valence-electron chi connectivity index (χ0n) is 18.3. The van der Waals surface area contributed by atoms with Crippen molar-refractivity contribution in [2.75, 3.05) is 31.9 Å². The van der Waals surface area contributed by atoms with Crippen molar-refractivity contribution in [2.45, 2.75) is 43.7 Å². The van der Waals surface area contributed by atoms with Gasteiger partial charge in [0.15, 0.2) is 15.8 Å². The molecule has 0 atom stereocenters. The molecule has 168 valence electrons. The summed E-state index contributed by atoms with van der Waals surface area (Å²) in [7, 11) is -3.25. The summed E-state index contributed by atoms with van der Waals surface area (Å²) in [6.45, 7) is 6.41. The van der Waals surface area contributed by atoms with E-state index in [9.17, 15) is 8.42 Å². The number of sulfone groups is 1. The minimum atomic E-state index is -3.25. The summed E-state index contributed by atoms with van der Waals surface area (Å²) in [5, 5.41) is 6.82. The summed E-state index contributed by atoms with van der Waals surface area (Å²) in [6.07, 6.45) is 2.64. The molecule has 1 fully saturated rings.